The van der Waals surface area contributed by atoms with E-state index in [9.17, 15) is 9.59 Å². The second-order valence-electron chi connectivity index (χ2n) is 9.05. The molecule has 170 valence electrons. The second-order valence-corrected chi connectivity index (χ2v) is 10.0. The highest BCUT2D eigenvalue weighted by molar-refractivity contribution is 7.10. The highest BCUT2D eigenvalue weighted by Crippen LogP contribution is 2.48. The number of ether oxygens (including phenoxy) is 1. The van der Waals surface area contributed by atoms with E-state index in [1.807, 2.05) is 48.7 Å². The monoisotopic (exact) mass is 453 g/mol. The second kappa shape index (κ2) is 9.46. The number of fused-ring (bicyclic) bond motifs is 1. The molecule has 2 aliphatic rings. The van der Waals surface area contributed by atoms with Crippen molar-refractivity contribution in [2.45, 2.75) is 46.1 Å². The fourth-order valence-corrected chi connectivity index (χ4v) is 5.35. The number of hydrogen-bond acceptors (Lipinski definition) is 5. The maximum atomic E-state index is 13.6. The lowest BCUT2D eigenvalue weighted by molar-refractivity contribution is -0.118. The third-order valence-corrected chi connectivity index (χ3v) is 6.80. The van der Waals surface area contributed by atoms with Crippen LogP contribution in [-0.4, -0.2) is 31.6 Å². The molecule has 0 fully saturated rings. The van der Waals surface area contributed by atoms with E-state index in [1.165, 1.54) is 0 Å². The van der Waals surface area contributed by atoms with E-state index in [1.54, 1.807) is 16.2 Å². The number of ketones is 1. The smallest absolute Gasteiger partial charge is 0.322 e. The van der Waals surface area contributed by atoms with E-state index >= 15 is 0 Å². The van der Waals surface area contributed by atoms with Gasteiger partial charge in [0.15, 0.2) is 5.78 Å². The number of Topliss-reactive ketones (excluding diaryl/α,β-unsaturated/α-hetero) is 1. The molecule has 6 nitrogen and oxygen atoms in total. The molecule has 4 rings (SSSR count). The van der Waals surface area contributed by atoms with Crippen LogP contribution in [0.1, 0.15) is 51.0 Å². The zero-order chi connectivity index (χ0) is 22.7. The van der Waals surface area contributed by atoms with Gasteiger partial charge in [0.2, 0.25) is 0 Å². The van der Waals surface area contributed by atoms with Crippen LogP contribution in [-0.2, 0) is 9.53 Å². The van der Waals surface area contributed by atoms with Crippen molar-refractivity contribution in [3.8, 4) is 0 Å². The number of thiophene rings is 1. The summed E-state index contributed by atoms with van der Waals surface area (Å²) in [4.78, 5) is 29.8. The van der Waals surface area contributed by atoms with Crippen molar-refractivity contribution in [1.82, 2.24) is 5.32 Å². The van der Waals surface area contributed by atoms with Gasteiger partial charge in [-0.15, -0.1) is 11.3 Å². The zero-order valence-corrected chi connectivity index (χ0v) is 19.8. The number of rotatable bonds is 6. The summed E-state index contributed by atoms with van der Waals surface area (Å²) in [6.45, 7) is 7.97. The summed E-state index contributed by atoms with van der Waals surface area (Å²) in [5, 5.41) is 8.57. The van der Waals surface area contributed by atoms with Crippen molar-refractivity contribution in [1.29, 1.82) is 0 Å². The first kappa shape index (κ1) is 22.6. The molecule has 0 spiro atoms. The largest absolute Gasteiger partial charge is 0.382 e. The van der Waals surface area contributed by atoms with Gasteiger partial charge in [0, 0.05) is 42.3 Å². The Hall–Kier alpha value is -2.64. The average molecular weight is 454 g/mol. The first-order valence-corrected chi connectivity index (χ1v) is 12.1. The van der Waals surface area contributed by atoms with Gasteiger partial charge < -0.3 is 15.4 Å². The van der Waals surface area contributed by atoms with Crippen LogP contribution in [0.2, 0.25) is 0 Å². The van der Waals surface area contributed by atoms with Crippen LogP contribution in [0, 0.1) is 5.41 Å². The predicted molar refractivity (Wildman–Crippen MR) is 129 cm³/mol. The number of nitrogens with one attached hydrogen (secondary N) is 2. The van der Waals surface area contributed by atoms with Crippen LogP contribution in [0.25, 0.3) is 0 Å². The van der Waals surface area contributed by atoms with Gasteiger partial charge in [-0.2, -0.15) is 0 Å². The highest BCUT2D eigenvalue weighted by Gasteiger charge is 2.43. The molecule has 7 heteroatoms. The van der Waals surface area contributed by atoms with Crippen LogP contribution < -0.4 is 15.5 Å². The predicted octanol–water partition coefficient (Wildman–Crippen LogP) is 5.50. The Morgan fingerprint density at radius 3 is 2.81 bits per heavy atom. The van der Waals surface area contributed by atoms with Crippen molar-refractivity contribution in [2.75, 3.05) is 30.0 Å². The van der Waals surface area contributed by atoms with Crippen LogP contribution in [0.15, 0.2) is 53.0 Å². The van der Waals surface area contributed by atoms with Crippen molar-refractivity contribution in [3.05, 3.63) is 57.9 Å². The van der Waals surface area contributed by atoms with Gasteiger partial charge in [0.05, 0.1) is 11.4 Å². The molecule has 2 aromatic rings. The number of carbonyl (C=O) groups is 2. The van der Waals surface area contributed by atoms with E-state index in [2.05, 4.69) is 24.5 Å². The molecule has 2 amide bonds. The summed E-state index contributed by atoms with van der Waals surface area (Å²) in [6.07, 6.45) is 1.96. The van der Waals surface area contributed by atoms with Gasteiger partial charge in [-0.3, -0.25) is 9.69 Å². The molecule has 0 unspecified atom stereocenters. The zero-order valence-electron chi connectivity index (χ0n) is 18.9. The molecule has 1 aliphatic heterocycles. The van der Waals surface area contributed by atoms with Crippen molar-refractivity contribution >= 4 is 34.5 Å². The molecule has 1 aromatic carbocycles. The van der Waals surface area contributed by atoms with Crippen LogP contribution in [0.3, 0.4) is 0 Å². The number of carbonyl (C=O) groups excluding carboxylic acids is 2. The lowest BCUT2D eigenvalue weighted by atomic mass is 9.74. The van der Waals surface area contributed by atoms with Gasteiger partial charge in [-0.05, 0) is 48.8 Å². The number of amides is 2. The Morgan fingerprint density at radius 2 is 2.06 bits per heavy atom. The van der Waals surface area contributed by atoms with Gasteiger partial charge in [0.1, 0.15) is 6.04 Å². The van der Waals surface area contributed by atoms with Crippen LogP contribution >= 0.6 is 11.3 Å². The molecule has 0 bridgehead atoms. The molecule has 2 heterocycles. The molecular formula is C25H31N3O3S. The first-order valence-electron chi connectivity index (χ1n) is 11.2. The molecule has 1 aromatic heterocycles. The molecule has 2 N–H and O–H groups in total. The number of hydrogen-bond donors (Lipinski definition) is 2. The summed E-state index contributed by atoms with van der Waals surface area (Å²) in [7, 11) is 0. The number of urea groups is 1. The summed E-state index contributed by atoms with van der Waals surface area (Å²) < 4.78 is 5.40. The quantitative estimate of drug-likeness (QED) is 0.567. The van der Waals surface area contributed by atoms with Crippen molar-refractivity contribution in [3.63, 3.8) is 0 Å². The van der Waals surface area contributed by atoms with Crippen molar-refractivity contribution in [2.24, 2.45) is 5.41 Å². The molecule has 32 heavy (non-hydrogen) atoms. The molecular weight excluding hydrogens is 422 g/mol. The maximum absolute atomic E-state index is 13.6. The van der Waals surface area contributed by atoms with Gasteiger partial charge in [-0.1, -0.05) is 32.0 Å². The maximum Gasteiger partial charge on any atom is 0.322 e. The van der Waals surface area contributed by atoms with Crippen LogP contribution in [0.5, 0.6) is 0 Å². The topological polar surface area (TPSA) is 70.7 Å². The fourth-order valence-electron chi connectivity index (χ4n) is 4.53. The van der Waals surface area contributed by atoms with Gasteiger partial charge in [-0.25, -0.2) is 4.79 Å². The third-order valence-electron chi connectivity index (χ3n) is 5.88. The molecule has 0 saturated carbocycles. The SMILES string of the molecule is CCOCCCNC(=O)N1c2ccccc2NC2=C(C(=O)CC(C)(C)C2)[C@@H]1c1cccs1. The van der Waals surface area contributed by atoms with E-state index in [0.717, 1.165) is 34.8 Å². The number of allylic oxidation sites excluding steroid dienone is 1. The van der Waals surface area contributed by atoms with Crippen molar-refractivity contribution < 1.29 is 14.3 Å². The minimum Gasteiger partial charge on any atom is -0.382 e. The Bertz CT molecular complexity index is 1010. The number of nitrogens with zero attached hydrogens (tertiary/aromatic N) is 1. The average Bonchev–Trinajstić information content (AvgIpc) is 3.22. The Kier molecular flexibility index (Phi) is 6.67. The fraction of sp³-hybridized carbons (Fsp3) is 0.440. The minimum atomic E-state index is -0.461. The van der Waals surface area contributed by atoms with Gasteiger partial charge >= 0.3 is 6.03 Å². The third kappa shape index (κ3) is 4.59. The molecule has 1 atom stereocenters. The molecule has 1 aliphatic carbocycles. The van der Waals surface area contributed by atoms with Crippen LogP contribution in [0.4, 0.5) is 16.2 Å². The lowest BCUT2D eigenvalue weighted by Crippen LogP contribution is -2.45. The van der Waals surface area contributed by atoms with Gasteiger partial charge in [0.25, 0.3) is 0 Å². The molecule has 0 radical (unpaired) electrons. The van der Waals surface area contributed by atoms with E-state index < -0.39 is 6.04 Å². The Morgan fingerprint density at radius 1 is 1.25 bits per heavy atom. The number of benzene rings is 1. The minimum absolute atomic E-state index is 0.101. The highest BCUT2D eigenvalue weighted by atomic mass is 32.1. The number of para-hydroxylation sites is 2. The van der Waals surface area contributed by atoms with E-state index in [0.29, 0.717) is 31.8 Å². The Balaban J connectivity index is 1.78. The first-order chi connectivity index (χ1) is 15.4. The number of anilines is 2. The normalized spacial score (nSPS) is 19.7. The van der Waals surface area contributed by atoms with E-state index in [4.69, 9.17) is 4.74 Å². The Labute approximate surface area is 193 Å². The standard InChI is InChI=1S/C25H31N3O3S/c1-4-31-13-8-12-26-24(30)28-19-10-6-5-9-17(19)27-18-15-25(2,3)16-20(29)22(18)23(28)21-11-7-14-32-21/h5-7,9-11,14,23,27H,4,8,12-13,15-16H2,1-3H3,(H,26,30)/t23-/m0/s1. The molecule has 0 saturated heterocycles. The van der Waals surface area contributed by atoms with E-state index in [-0.39, 0.29) is 17.2 Å². The summed E-state index contributed by atoms with van der Waals surface area (Å²) in [5.41, 5.74) is 3.10. The summed E-state index contributed by atoms with van der Waals surface area (Å²) in [6, 6.07) is 11.1. The summed E-state index contributed by atoms with van der Waals surface area (Å²) >= 11 is 1.57. The lowest BCUT2D eigenvalue weighted by Gasteiger charge is -2.36. The summed E-state index contributed by atoms with van der Waals surface area (Å²) in [5.74, 6) is 0.101.